The fraction of sp³-hybridized carbons (Fsp3) is 0.391. The summed E-state index contributed by atoms with van der Waals surface area (Å²) in [4.78, 5) is 23.8. The molecule has 0 aromatic heterocycles. The number of nitrogens with zero attached hydrogens (tertiary/aromatic N) is 4. The SMILES string of the molecule is CCOC(=O)CCC(C)(C#N)N=NC(C)(C#N)CCC(=O)OCC(F)(F)S(=O)(=O)[O-].Cc1cc([S+](c2ccccc2)C(F)(F)F)cc(C)c1O.Cc1cc([S+](c2ccccc2)C(F)(F)F)cc(C)c1O. The average molecular weight is 1050 g/mol. The largest absolute Gasteiger partial charge is 0.743 e. The molecule has 0 saturated carbocycles. The van der Waals surface area contributed by atoms with Crippen molar-refractivity contribution in [1.82, 2.24) is 0 Å². The van der Waals surface area contributed by atoms with Gasteiger partial charge >= 0.3 is 28.2 Å². The number of azo groups is 1. The van der Waals surface area contributed by atoms with E-state index in [-0.39, 0.29) is 57.0 Å². The van der Waals surface area contributed by atoms with E-state index in [1.807, 2.05) is 6.07 Å². The first-order chi connectivity index (χ1) is 32.2. The molecule has 70 heavy (non-hydrogen) atoms. The molecule has 0 radical (unpaired) electrons. The van der Waals surface area contributed by atoms with Crippen molar-refractivity contribution in [1.29, 1.82) is 10.5 Å². The summed E-state index contributed by atoms with van der Waals surface area (Å²) < 4.78 is 146. The Labute approximate surface area is 405 Å². The zero-order chi connectivity index (χ0) is 53.5. The van der Waals surface area contributed by atoms with Gasteiger partial charge in [0, 0.05) is 37.1 Å². The maximum absolute atomic E-state index is 13.4. The van der Waals surface area contributed by atoms with E-state index in [0.29, 0.717) is 22.3 Å². The molecule has 0 bridgehead atoms. The number of hydrogen-bond acceptors (Lipinski definition) is 13. The second-order valence-corrected chi connectivity index (χ2v) is 21.0. The Morgan fingerprint density at radius 2 is 0.943 bits per heavy atom. The number of nitriles is 2. The van der Waals surface area contributed by atoms with E-state index >= 15 is 0 Å². The summed E-state index contributed by atoms with van der Waals surface area (Å²) in [5.41, 5.74) is -9.98. The van der Waals surface area contributed by atoms with Crippen molar-refractivity contribution >= 4 is 43.8 Å². The molecule has 0 aliphatic rings. The summed E-state index contributed by atoms with van der Waals surface area (Å²) in [6.07, 6.45) is -1.15. The van der Waals surface area contributed by atoms with Crippen molar-refractivity contribution in [3.05, 3.63) is 107 Å². The molecule has 0 spiro atoms. The summed E-state index contributed by atoms with van der Waals surface area (Å²) in [7, 11) is -10.0. The van der Waals surface area contributed by atoms with Gasteiger partial charge in [0.25, 0.3) is 0 Å². The van der Waals surface area contributed by atoms with Gasteiger partial charge in [-0.25, -0.2) is 8.42 Å². The topological polar surface area (TPSA) is 223 Å². The molecule has 380 valence electrons. The molecule has 0 saturated heterocycles. The van der Waals surface area contributed by atoms with Crippen molar-refractivity contribution in [2.75, 3.05) is 13.2 Å². The van der Waals surface area contributed by atoms with E-state index in [1.54, 1.807) is 77.1 Å². The standard InChI is InChI=1S/C16H22F2N4O7S.2C15H13F3OS/c1-4-28-12(23)5-7-14(2,9-19)21-22-15(3,10-20)8-6-13(24)29-11-16(17,18)30(25,26)27;2*1-10-8-13(9-11(2)14(10)19)20(15(16,17)18)12-6-4-3-5-7-12/h4-8,11H2,1-3H3,(H,25,26,27);2*3-9H,1-2H3/p+1. The van der Waals surface area contributed by atoms with Crippen LogP contribution in [0.1, 0.15) is 68.7 Å². The first-order valence-corrected chi connectivity index (χ1v) is 24.3. The van der Waals surface area contributed by atoms with Gasteiger partial charge in [-0.15, -0.1) is 26.3 Å². The van der Waals surface area contributed by atoms with Crippen LogP contribution in [0.4, 0.5) is 35.1 Å². The molecule has 0 aliphatic carbocycles. The lowest BCUT2D eigenvalue weighted by Gasteiger charge is -2.20. The molecule has 13 nitrogen and oxygen atoms in total. The molecule has 0 amide bonds. The monoisotopic (exact) mass is 1050 g/mol. The minimum absolute atomic E-state index is 0.0475. The highest BCUT2D eigenvalue weighted by Gasteiger charge is 2.55. The van der Waals surface area contributed by atoms with Crippen LogP contribution in [0, 0.1) is 50.4 Å². The maximum atomic E-state index is 13.4. The predicted octanol–water partition coefficient (Wildman–Crippen LogP) is 10.9. The number of aryl methyl sites for hydroxylation is 4. The Bertz CT molecular complexity index is 2490. The molecule has 24 heteroatoms. The summed E-state index contributed by atoms with van der Waals surface area (Å²) in [6.45, 7) is 8.87. The van der Waals surface area contributed by atoms with E-state index in [1.165, 1.54) is 62.4 Å². The number of phenols is 2. The fourth-order valence-corrected chi connectivity index (χ4v) is 9.55. The van der Waals surface area contributed by atoms with Gasteiger partial charge < -0.3 is 24.2 Å². The van der Waals surface area contributed by atoms with Gasteiger partial charge in [0.2, 0.25) is 0 Å². The molecule has 0 aliphatic heterocycles. The maximum Gasteiger partial charge on any atom is 0.586 e. The van der Waals surface area contributed by atoms with E-state index < -0.39 is 84.2 Å². The Morgan fingerprint density at radius 3 is 1.21 bits per heavy atom. The third kappa shape index (κ3) is 18.1. The lowest BCUT2D eigenvalue weighted by atomic mass is 9.97. The molecule has 4 unspecified atom stereocenters. The van der Waals surface area contributed by atoms with Crippen LogP contribution in [0.2, 0.25) is 0 Å². The number of carbonyl (C=O) groups is 2. The van der Waals surface area contributed by atoms with Gasteiger partial charge in [-0.1, -0.05) is 36.4 Å². The quantitative estimate of drug-likeness (QED) is 0.0353. The van der Waals surface area contributed by atoms with Crippen LogP contribution in [-0.4, -0.2) is 75.7 Å². The molecule has 4 atom stereocenters. The third-order valence-electron chi connectivity index (χ3n) is 9.50. The zero-order valence-corrected chi connectivity index (χ0v) is 41.1. The third-order valence-corrected chi connectivity index (χ3v) is 14.2. The number of alkyl halides is 8. The molecule has 4 rings (SSSR count). The second kappa shape index (κ2) is 25.3. The molecular formula is C46H49F8N4O9S3+. The first kappa shape index (κ1) is 60.2. The summed E-state index contributed by atoms with van der Waals surface area (Å²) >= 11 is 0. The minimum atomic E-state index is -6.00. The van der Waals surface area contributed by atoms with Crippen LogP contribution >= 0.6 is 0 Å². The Balaban J connectivity index is 0.000000370. The van der Waals surface area contributed by atoms with E-state index in [9.17, 15) is 78.4 Å². The van der Waals surface area contributed by atoms with Crippen molar-refractivity contribution < 1.29 is 77.4 Å². The number of benzene rings is 4. The van der Waals surface area contributed by atoms with E-state index in [0.717, 1.165) is 0 Å². The predicted molar refractivity (Wildman–Crippen MR) is 242 cm³/mol. The number of aromatic hydroxyl groups is 2. The Hall–Kier alpha value is -5.95. The zero-order valence-electron chi connectivity index (χ0n) is 38.6. The number of esters is 2. The normalized spacial score (nSPS) is 14.4. The number of carbonyl (C=O) groups excluding carboxylic acids is 2. The number of rotatable bonds is 16. The van der Waals surface area contributed by atoms with Gasteiger partial charge in [0.05, 0.1) is 18.7 Å². The summed E-state index contributed by atoms with van der Waals surface area (Å²) in [5.74, 6) is -1.74. The van der Waals surface area contributed by atoms with Crippen molar-refractivity contribution in [3.8, 4) is 23.6 Å². The first-order valence-electron chi connectivity index (χ1n) is 20.5. The van der Waals surface area contributed by atoms with Crippen LogP contribution in [0.15, 0.2) is 115 Å². The van der Waals surface area contributed by atoms with Crippen LogP contribution in [-0.2, 0) is 51.0 Å². The molecule has 0 fully saturated rings. The molecule has 2 N–H and O–H groups in total. The Morgan fingerprint density at radius 1 is 0.629 bits per heavy atom. The smallest absolute Gasteiger partial charge is 0.586 e. The highest BCUT2D eigenvalue weighted by molar-refractivity contribution is 7.98. The van der Waals surface area contributed by atoms with Gasteiger partial charge in [-0.3, -0.25) is 9.59 Å². The van der Waals surface area contributed by atoms with Crippen LogP contribution < -0.4 is 0 Å². The summed E-state index contributed by atoms with van der Waals surface area (Å²) in [6, 6.07) is 24.9. The minimum Gasteiger partial charge on any atom is -0.743 e. The molecule has 4 aromatic rings. The highest BCUT2D eigenvalue weighted by atomic mass is 32.2. The fourth-order valence-electron chi connectivity index (χ4n) is 5.70. The number of ether oxygens (including phenoxy) is 2. The van der Waals surface area contributed by atoms with Gasteiger partial charge in [0.1, 0.15) is 11.5 Å². The summed E-state index contributed by atoms with van der Waals surface area (Å²) in [5, 5.41) is 40.7. The van der Waals surface area contributed by atoms with Crippen molar-refractivity contribution in [2.45, 2.75) is 121 Å². The van der Waals surface area contributed by atoms with Gasteiger partial charge in [0.15, 0.2) is 69.2 Å². The van der Waals surface area contributed by atoms with Crippen LogP contribution in [0.25, 0.3) is 0 Å². The van der Waals surface area contributed by atoms with Crippen molar-refractivity contribution in [2.24, 2.45) is 10.2 Å². The molecule has 0 heterocycles. The lowest BCUT2D eigenvalue weighted by molar-refractivity contribution is -0.150. The van der Waals surface area contributed by atoms with Gasteiger partial charge in [-0.05, 0) is 108 Å². The van der Waals surface area contributed by atoms with Crippen LogP contribution in [0.3, 0.4) is 0 Å². The van der Waals surface area contributed by atoms with Gasteiger partial charge in [-0.2, -0.15) is 29.5 Å². The van der Waals surface area contributed by atoms with Crippen LogP contribution in [0.5, 0.6) is 11.5 Å². The molecular weight excluding hydrogens is 1000 g/mol. The highest BCUT2D eigenvalue weighted by Crippen LogP contribution is 2.42. The van der Waals surface area contributed by atoms with E-state index in [4.69, 9.17) is 4.74 Å². The van der Waals surface area contributed by atoms with E-state index in [2.05, 4.69) is 15.0 Å². The average Bonchev–Trinajstić information content (AvgIpc) is 3.27. The Kier molecular flexibility index (Phi) is 21.7. The molecule has 4 aromatic carbocycles. The lowest BCUT2D eigenvalue weighted by Crippen LogP contribution is -2.35. The number of hydrogen-bond donors (Lipinski definition) is 2. The van der Waals surface area contributed by atoms with Crippen molar-refractivity contribution in [3.63, 3.8) is 0 Å². The number of halogens is 8. The second-order valence-electron chi connectivity index (χ2n) is 15.5. The number of phenolic OH excluding ortho intramolecular Hbond substituents is 2.